The van der Waals surface area contributed by atoms with Gasteiger partial charge < -0.3 is 9.13 Å². The first-order valence-corrected chi connectivity index (χ1v) is 19.7. The predicted molar refractivity (Wildman–Crippen MR) is 239 cm³/mol. The molecular weight excluding hydrogens is 709 g/mol. The first-order valence-electron chi connectivity index (χ1n) is 19.7. The van der Waals surface area contributed by atoms with Gasteiger partial charge in [-0.15, -0.1) is 0 Å². The Morgan fingerprint density at radius 2 is 0.845 bits per heavy atom. The fourth-order valence-electron chi connectivity index (χ4n) is 8.12. The van der Waals surface area contributed by atoms with Gasteiger partial charge in [0.15, 0.2) is 17.5 Å². The molecule has 0 radical (unpaired) electrons. The monoisotopic (exact) mass is 746 g/mol. The van der Waals surface area contributed by atoms with Crippen LogP contribution in [-0.2, 0) is 0 Å². The number of rotatable bonds is 6. The molecule has 4 heterocycles. The molecule has 0 aliphatic heterocycles. The number of aromatic nitrogens is 6. The smallest absolute Gasteiger partial charge is 0.164 e. The Balaban J connectivity index is 0.00000201. The summed E-state index contributed by atoms with van der Waals surface area (Å²) in [6.07, 6.45) is 3.74. The Hall–Kier alpha value is -7.70. The number of para-hydroxylation sites is 3. The summed E-state index contributed by atoms with van der Waals surface area (Å²) < 4.78 is 4.76. The molecule has 0 saturated heterocycles. The van der Waals surface area contributed by atoms with Gasteiger partial charge in [0.1, 0.15) is 0 Å². The van der Waals surface area contributed by atoms with Gasteiger partial charge in [0.2, 0.25) is 0 Å². The van der Waals surface area contributed by atoms with Crippen molar-refractivity contribution in [1.82, 2.24) is 29.1 Å². The van der Waals surface area contributed by atoms with Crippen LogP contribution in [0.5, 0.6) is 0 Å². The van der Waals surface area contributed by atoms with Crippen LogP contribution < -0.4 is 0 Å². The van der Waals surface area contributed by atoms with E-state index in [1.54, 1.807) is 0 Å². The number of hydrogen-bond acceptors (Lipinski definition) is 4. The molecule has 4 aromatic heterocycles. The average Bonchev–Trinajstić information content (AvgIpc) is 3.83. The van der Waals surface area contributed by atoms with Crippen molar-refractivity contribution in [2.75, 3.05) is 0 Å². The summed E-state index contributed by atoms with van der Waals surface area (Å²) in [6, 6.07) is 63.6. The second-order valence-corrected chi connectivity index (χ2v) is 13.9. The van der Waals surface area contributed by atoms with Gasteiger partial charge in [0, 0.05) is 67.4 Å². The third-order valence-corrected chi connectivity index (χ3v) is 10.7. The average molecular weight is 747 g/mol. The lowest BCUT2D eigenvalue weighted by Crippen LogP contribution is -2.02. The van der Waals surface area contributed by atoms with Crippen molar-refractivity contribution in [3.63, 3.8) is 0 Å². The van der Waals surface area contributed by atoms with Crippen LogP contribution in [0.1, 0.15) is 13.8 Å². The van der Waals surface area contributed by atoms with Crippen molar-refractivity contribution in [2.45, 2.75) is 13.8 Å². The number of hydrogen-bond donors (Lipinski definition) is 0. The van der Waals surface area contributed by atoms with E-state index in [9.17, 15) is 0 Å². The third kappa shape index (κ3) is 5.90. The van der Waals surface area contributed by atoms with Gasteiger partial charge in [-0.2, -0.15) is 0 Å². The Morgan fingerprint density at radius 1 is 0.362 bits per heavy atom. The molecular formula is C52H38N6. The van der Waals surface area contributed by atoms with E-state index < -0.39 is 0 Å². The molecule has 0 aliphatic carbocycles. The van der Waals surface area contributed by atoms with Gasteiger partial charge in [-0.25, -0.2) is 15.0 Å². The minimum absolute atomic E-state index is 0.603. The van der Waals surface area contributed by atoms with E-state index in [1.807, 2.05) is 93.0 Å². The second-order valence-electron chi connectivity index (χ2n) is 13.9. The summed E-state index contributed by atoms with van der Waals surface area (Å²) in [7, 11) is 0. The summed E-state index contributed by atoms with van der Waals surface area (Å²) in [5.74, 6) is 1.86. The molecule has 11 aromatic rings. The van der Waals surface area contributed by atoms with Gasteiger partial charge in [0.25, 0.3) is 0 Å². The molecule has 58 heavy (non-hydrogen) atoms. The second kappa shape index (κ2) is 14.8. The fourth-order valence-corrected chi connectivity index (χ4v) is 8.12. The lowest BCUT2D eigenvalue weighted by Gasteiger charge is -2.16. The predicted octanol–water partition coefficient (Wildman–Crippen LogP) is 13.2. The van der Waals surface area contributed by atoms with Crippen molar-refractivity contribution in [1.29, 1.82) is 0 Å². The molecule has 0 spiro atoms. The third-order valence-electron chi connectivity index (χ3n) is 10.7. The Morgan fingerprint density at radius 3 is 1.41 bits per heavy atom. The van der Waals surface area contributed by atoms with Gasteiger partial charge in [-0.1, -0.05) is 147 Å². The lowest BCUT2D eigenvalue weighted by molar-refractivity contribution is 1.07. The van der Waals surface area contributed by atoms with Gasteiger partial charge in [0.05, 0.1) is 27.8 Å². The largest absolute Gasteiger partial charge is 0.309 e. The molecule has 0 amide bonds. The summed E-state index contributed by atoms with van der Waals surface area (Å²) in [5.41, 5.74) is 11.5. The molecule has 0 saturated carbocycles. The van der Waals surface area contributed by atoms with E-state index in [2.05, 4.69) is 129 Å². The van der Waals surface area contributed by atoms with Crippen LogP contribution in [0.15, 0.2) is 194 Å². The fraction of sp³-hybridized carbons (Fsp3) is 0.0385. The summed E-state index contributed by atoms with van der Waals surface area (Å²) in [4.78, 5) is 19.7. The Labute approximate surface area is 336 Å². The maximum absolute atomic E-state index is 5.09. The highest BCUT2D eigenvalue weighted by Crippen LogP contribution is 2.40. The van der Waals surface area contributed by atoms with Crippen LogP contribution >= 0.6 is 0 Å². The van der Waals surface area contributed by atoms with E-state index in [4.69, 9.17) is 15.0 Å². The zero-order valence-electron chi connectivity index (χ0n) is 32.2. The number of benzene rings is 7. The van der Waals surface area contributed by atoms with Crippen molar-refractivity contribution < 1.29 is 0 Å². The summed E-state index contributed by atoms with van der Waals surface area (Å²) in [6.45, 7) is 4.00. The maximum atomic E-state index is 5.09. The van der Waals surface area contributed by atoms with Crippen molar-refractivity contribution in [3.05, 3.63) is 194 Å². The molecule has 0 bridgehead atoms. The van der Waals surface area contributed by atoms with E-state index in [-0.39, 0.29) is 0 Å². The Bertz CT molecular complexity index is 3130. The van der Waals surface area contributed by atoms with E-state index >= 15 is 0 Å². The number of fused-ring (bicyclic) bond motifs is 6. The molecule has 0 atom stereocenters. The Kier molecular flexibility index (Phi) is 8.84. The van der Waals surface area contributed by atoms with Gasteiger partial charge in [-0.3, -0.25) is 4.98 Å². The van der Waals surface area contributed by atoms with Crippen LogP contribution in [-0.4, -0.2) is 29.1 Å². The minimum atomic E-state index is 0.603. The molecule has 0 fully saturated rings. The molecule has 6 heteroatoms. The van der Waals surface area contributed by atoms with Crippen molar-refractivity contribution in [3.8, 4) is 56.7 Å². The molecule has 11 rings (SSSR count). The standard InChI is InChI=1S/C50H32N6.C2H6/c1-3-14-33(15-4-1)48-52-49(34-16-5-2-6-17-34)54-50(53-48)35-25-27-38(36-18-13-29-51-32-36)47(30-35)56-45-24-12-9-21-41(45)42-31-37(26-28-46(42)56)55-43-22-10-7-19-39(43)40-20-8-11-23-44(40)55;1-2/h1-32H;1-2H3. The van der Waals surface area contributed by atoms with E-state index in [0.717, 1.165) is 50.2 Å². The zero-order valence-corrected chi connectivity index (χ0v) is 32.2. The molecule has 7 aromatic carbocycles. The zero-order chi connectivity index (χ0) is 39.0. The molecule has 0 N–H and O–H groups in total. The highest BCUT2D eigenvalue weighted by atomic mass is 15.0. The number of pyridine rings is 1. The first-order chi connectivity index (χ1) is 28.8. The van der Waals surface area contributed by atoms with Crippen LogP contribution in [0.4, 0.5) is 0 Å². The summed E-state index contributed by atoms with van der Waals surface area (Å²) >= 11 is 0. The lowest BCUT2D eigenvalue weighted by atomic mass is 10.0. The van der Waals surface area contributed by atoms with Gasteiger partial charge in [-0.05, 0) is 48.5 Å². The molecule has 0 unspecified atom stereocenters. The normalized spacial score (nSPS) is 11.3. The molecule has 6 nitrogen and oxygen atoms in total. The quantitative estimate of drug-likeness (QED) is 0.170. The summed E-state index contributed by atoms with van der Waals surface area (Å²) in [5, 5.41) is 4.83. The van der Waals surface area contributed by atoms with Gasteiger partial charge >= 0.3 is 0 Å². The minimum Gasteiger partial charge on any atom is -0.309 e. The van der Waals surface area contributed by atoms with Crippen LogP contribution in [0.25, 0.3) is 100 Å². The highest BCUT2D eigenvalue weighted by molar-refractivity contribution is 6.12. The topological polar surface area (TPSA) is 61.4 Å². The SMILES string of the molecule is CC.c1ccc(-c2nc(-c3ccccc3)nc(-c3ccc(-c4cccnc4)c(-n4c5ccccc5c5cc(-n6c7ccccc7c7ccccc76)ccc54)c3)n2)cc1. The molecule has 276 valence electrons. The van der Waals surface area contributed by atoms with E-state index in [1.165, 1.54) is 32.6 Å². The first kappa shape index (κ1) is 34.8. The van der Waals surface area contributed by atoms with Crippen molar-refractivity contribution >= 4 is 43.6 Å². The molecule has 0 aliphatic rings. The maximum Gasteiger partial charge on any atom is 0.164 e. The highest BCUT2D eigenvalue weighted by Gasteiger charge is 2.20. The van der Waals surface area contributed by atoms with Crippen LogP contribution in [0, 0.1) is 0 Å². The van der Waals surface area contributed by atoms with E-state index in [0.29, 0.717) is 17.5 Å². The van der Waals surface area contributed by atoms with Crippen LogP contribution in [0.2, 0.25) is 0 Å². The van der Waals surface area contributed by atoms with Crippen molar-refractivity contribution in [2.24, 2.45) is 0 Å². The number of nitrogens with zero attached hydrogens (tertiary/aromatic N) is 6. The van der Waals surface area contributed by atoms with Crippen LogP contribution in [0.3, 0.4) is 0 Å².